The first-order chi connectivity index (χ1) is 4.09. The Kier molecular flexibility index (Phi) is 3.24. The topological polar surface area (TPSA) is 63.3 Å². The maximum absolute atomic E-state index is 10.2. The third kappa shape index (κ3) is 2.46. The summed E-state index contributed by atoms with van der Waals surface area (Å²) in [7, 11) is 0. The van der Waals surface area contributed by atoms with Crippen LogP contribution in [0.2, 0.25) is 0 Å². The number of carbonyl (C=O) groups is 1. The van der Waals surface area contributed by atoms with Crippen LogP contribution in [0.3, 0.4) is 0 Å². The summed E-state index contributed by atoms with van der Waals surface area (Å²) in [5.41, 5.74) is 5.27. The second-order valence-corrected chi connectivity index (χ2v) is 2.25. The van der Waals surface area contributed by atoms with Gasteiger partial charge >= 0.3 is 5.97 Å². The summed E-state index contributed by atoms with van der Waals surface area (Å²) in [6.07, 6.45) is 0.813. The predicted molar refractivity (Wildman–Crippen MR) is 35.1 cm³/mol. The fourth-order valence-electron chi connectivity index (χ4n) is 0.497. The van der Waals surface area contributed by atoms with Crippen molar-refractivity contribution < 1.29 is 9.90 Å². The van der Waals surface area contributed by atoms with E-state index < -0.39 is 12.0 Å². The second-order valence-electron chi connectivity index (χ2n) is 2.25. The molecule has 0 saturated heterocycles. The highest BCUT2D eigenvalue weighted by atomic mass is 16.5. The van der Waals surface area contributed by atoms with E-state index in [0.29, 0.717) is 0 Å². The van der Waals surface area contributed by atoms with Gasteiger partial charge in [-0.1, -0.05) is 20.3 Å². The Balaban J connectivity index is 3.72. The van der Waals surface area contributed by atoms with Gasteiger partial charge in [-0.25, -0.2) is 0 Å². The lowest BCUT2D eigenvalue weighted by molar-refractivity contribution is -0.139. The number of aliphatic carboxylic acids is 1. The first kappa shape index (κ1) is 8.43. The van der Waals surface area contributed by atoms with Crippen LogP contribution in [0.4, 0.5) is 0 Å². The molecule has 0 heterocycles. The largest absolute Gasteiger partial charge is 0.480 e. The fourth-order valence-corrected chi connectivity index (χ4v) is 0.497. The van der Waals surface area contributed by atoms with Gasteiger partial charge in [0.15, 0.2) is 0 Å². The predicted octanol–water partition coefficient (Wildman–Crippen LogP) is 0.444. The molecule has 0 bridgehead atoms. The van der Waals surface area contributed by atoms with E-state index in [1.54, 1.807) is 0 Å². The summed E-state index contributed by atoms with van der Waals surface area (Å²) in [4.78, 5) is 10.2. The molecule has 3 nitrogen and oxygen atoms in total. The molecule has 0 spiro atoms. The molecule has 0 aliphatic rings. The highest BCUT2D eigenvalue weighted by molar-refractivity contribution is 5.73. The summed E-state index contributed by atoms with van der Waals surface area (Å²) in [6, 6.07) is -0.699. The summed E-state index contributed by atoms with van der Waals surface area (Å²) < 4.78 is 0. The van der Waals surface area contributed by atoms with Gasteiger partial charge in [0.1, 0.15) is 6.04 Å². The van der Waals surface area contributed by atoms with E-state index in [0.717, 1.165) is 6.42 Å². The minimum atomic E-state index is -0.913. The Hall–Kier alpha value is -0.570. The highest BCUT2D eigenvalue weighted by Crippen LogP contribution is 2.04. The van der Waals surface area contributed by atoms with Crippen molar-refractivity contribution in [3.05, 3.63) is 0 Å². The van der Waals surface area contributed by atoms with Gasteiger partial charge in [0, 0.05) is 0 Å². The molecular formula is C6H13NO2. The van der Waals surface area contributed by atoms with Crippen LogP contribution in [0, 0.1) is 5.92 Å². The van der Waals surface area contributed by atoms with Gasteiger partial charge in [0.2, 0.25) is 0 Å². The van der Waals surface area contributed by atoms with Crippen LogP contribution in [0.15, 0.2) is 0 Å². The summed E-state index contributed by atoms with van der Waals surface area (Å²) in [6.45, 7) is 3.76. The molecule has 0 saturated carbocycles. The van der Waals surface area contributed by atoms with Crippen molar-refractivity contribution >= 4 is 5.97 Å². The Morgan fingerprint density at radius 2 is 2.22 bits per heavy atom. The minimum absolute atomic E-state index is 0.0718. The molecule has 0 fully saturated rings. The van der Waals surface area contributed by atoms with E-state index in [-0.39, 0.29) is 5.92 Å². The second kappa shape index (κ2) is 3.45. The average Bonchev–Trinajstić information content (AvgIpc) is 1.84. The van der Waals surface area contributed by atoms with Crippen molar-refractivity contribution in [3.63, 3.8) is 0 Å². The zero-order valence-corrected chi connectivity index (χ0v) is 5.79. The molecule has 0 aromatic rings. The molecule has 0 aliphatic heterocycles. The normalized spacial score (nSPS) is 16.8. The smallest absolute Gasteiger partial charge is 0.320 e. The summed E-state index contributed by atoms with van der Waals surface area (Å²) in [5.74, 6) is -0.841. The molecule has 0 rings (SSSR count). The van der Waals surface area contributed by atoms with Crippen LogP contribution in [0.25, 0.3) is 0 Å². The molecule has 0 unspecified atom stereocenters. The maximum atomic E-state index is 10.2. The SMILES string of the molecule is CC[C@H](C)[C@H](N)[13C](=O)O. The van der Waals surface area contributed by atoms with Crippen molar-refractivity contribution in [2.24, 2.45) is 11.7 Å². The van der Waals surface area contributed by atoms with Crippen molar-refractivity contribution in [2.45, 2.75) is 26.3 Å². The lowest BCUT2D eigenvalue weighted by atomic mass is 10.1. The standard InChI is InChI=1S/C6H13NO2/c1-3-4(2)5(7)6(8)9/h4-5H,3,7H2,1-2H3,(H,8,9)/t4-,5-/m0/s1/i6+1. The molecule has 3 N–H and O–H groups in total. The van der Waals surface area contributed by atoms with Crippen LogP contribution in [0.1, 0.15) is 20.3 Å². The number of rotatable bonds is 3. The van der Waals surface area contributed by atoms with E-state index >= 15 is 0 Å². The third-order valence-electron chi connectivity index (χ3n) is 1.54. The van der Waals surface area contributed by atoms with Gasteiger partial charge < -0.3 is 10.8 Å². The zero-order chi connectivity index (χ0) is 7.44. The van der Waals surface area contributed by atoms with Crippen LogP contribution in [0.5, 0.6) is 0 Å². The molecule has 9 heavy (non-hydrogen) atoms. The number of carboxylic acid groups (broad SMARTS) is 1. The Morgan fingerprint density at radius 3 is 2.33 bits per heavy atom. The molecule has 0 aromatic carbocycles. The van der Waals surface area contributed by atoms with Crippen molar-refractivity contribution in [3.8, 4) is 0 Å². The van der Waals surface area contributed by atoms with Gasteiger partial charge in [-0.2, -0.15) is 0 Å². The van der Waals surface area contributed by atoms with Gasteiger partial charge in [-0.3, -0.25) is 4.79 Å². The molecule has 0 amide bonds. The molecule has 54 valence electrons. The average molecular weight is 132 g/mol. The van der Waals surface area contributed by atoms with E-state index in [1.165, 1.54) is 0 Å². The molecule has 2 atom stereocenters. The number of carboxylic acids is 1. The van der Waals surface area contributed by atoms with Gasteiger partial charge in [0.05, 0.1) is 0 Å². The van der Waals surface area contributed by atoms with Gasteiger partial charge in [0.25, 0.3) is 0 Å². The van der Waals surface area contributed by atoms with E-state index in [2.05, 4.69) is 0 Å². The Bertz CT molecular complexity index is 103. The fraction of sp³-hybridized carbons (Fsp3) is 0.833. The van der Waals surface area contributed by atoms with Crippen molar-refractivity contribution in [2.75, 3.05) is 0 Å². The Labute approximate surface area is 54.9 Å². The molecule has 3 heteroatoms. The number of hydrogen-bond donors (Lipinski definition) is 2. The molecule has 0 aromatic heterocycles. The van der Waals surface area contributed by atoms with E-state index in [1.807, 2.05) is 13.8 Å². The minimum Gasteiger partial charge on any atom is -0.480 e. The van der Waals surface area contributed by atoms with E-state index in [9.17, 15) is 4.79 Å². The quantitative estimate of drug-likeness (QED) is 0.548. The van der Waals surface area contributed by atoms with Crippen LogP contribution in [-0.2, 0) is 4.79 Å². The number of nitrogens with two attached hydrogens (primary N) is 1. The van der Waals surface area contributed by atoms with Crippen LogP contribution >= 0.6 is 0 Å². The first-order valence-electron chi connectivity index (χ1n) is 3.08. The molecule has 0 aliphatic carbocycles. The van der Waals surface area contributed by atoms with Crippen LogP contribution < -0.4 is 5.73 Å². The van der Waals surface area contributed by atoms with E-state index in [4.69, 9.17) is 10.8 Å². The van der Waals surface area contributed by atoms with Crippen molar-refractivity contribution in [1.82, 2.24) is 0 Å². The highest BCUT2D eigenvalue weighted by Gasteiger charge is 2.17. The zero-order valence-electron chi connectivity index (χ0n) is 5.79. The maximum Gasteiger partial charge on any atom is 0.320 e. The van der Waals surface area contributed by atoms with Gasteiger partial charge in [-0.15, -0.1) is 0 Å². The third-order valence-corrected chi connectivity index (χ3v) is 1.54. The number of hydrogen-bond acceptors (Lipinski definition) is 2. The molecule has 0 radical (unpaired) electrons. The monoisotopic (exact) mass is 132 g/mol. The van der Waals surface area contributed by atoms with Crippen molar-refractivity contribution in [1.29, 1.82) is 0 Å². The summed E-state index contributed by atoms with van der Waals surface area (Å²) in [5, 5.41) is 8.36. The lowest BCUT2D eigenvalue weighted by Crippen LogP contribution is -2.36. The van der Waals surface area contributed by atoms with Gasteiger partial charge in [-0.05, 0) is 5.92 Å². The van der Waals surface area contributed by atoms with Crippen LogP contribution in [-0.4, -0.2) is 17.1 Å². The first-order valence-corrected chi connectivity index (χ1v) is 3.08. The summed E-state index contributed by atoms with van der Waals surface area (Å²) >= 11 is 0. The Morgan fingerprint density at radius 1 is 1.78 bits per heavy atom. The lowest BCUT2D eigenvalue weighted by Gasteiger charge is -2.11. The molecular weight excluding hydrogens is 119 g/mol.